The predicted molar refractivity (Wildman–Crippen MR) is 126 cm³/mol. The van der Waals surface area contributed by atoms with E-state index in [9.17, 15) is 13.2 Å². The number of hydrogen-bond acceptors (Lipinski definition) is 5. The minimum atomic E-state index is -3.66. The van der Waals surface area contributed by atoms with Gasteiger partial charge in [0, 0.05) is 50.9 Å². The number of likely N-dealkylation sites (tertiary alicyclic amines) is 1. The number of pyridine rings is 1. The molecule has 7 nitrogen and oxygen atoms in total. The number of para-hydroxylation sites is 1. The van der Waals surface area contributed by atoms with Crippen LogP contribution in [0.5, 0.6) is 0 Å². The second-order valence-electron chi connectivity index (χ2n) is 9.65. The van der Waals surface area contributed by atoms with E-state index in [1.165, 1.54) is 4.31 Å². The molecule has 0 bridgehead atoms. The van der Waals surface area contributed by atoms with Crippen molar-refractivity contribution in [1.29, 1.82) is 0 Å². The van der Waals surface area contributed by atoms with E-state index in [2.05, 4.69) is 23.7 Å². The van der Waals surface area contributed by atoms with Crippen LogP contribution < -0.4 is 0 Å². The monoisotopic (exact) mass is 458 g/mol. The van der Waals surface area contributed by atoms with E-state index in [0.717, 1.165) is 30.5 Å². The van der Waals surface area contributed by atoms with E-state index in [1.54, 1.807) is 18.3 Å². The van der Waals surface area contributed by atoms with Gasteiger partial charge in [-0.15, -0.1) is 0 Å². The number of aromatic nitrogens is 1. The summed E-state index contributed by atoms with van der Waals surface area (Å²) in [7, 11) is -3.66. The van der Waals surface area contributed by atoms with Crippen molar-refractivity contribution in [2.24, 2.45) is 11.8 Å². The van der Waals surface area contributed by atoms with Crippen LogP contribution >= 0.6 is 0 Å². The number of sulfonamides is 1. The molecule has 2 saturated heterocycles. The Bertz CT molecular complexity index is 1090. The van der Waals surface area contributed by atoms with E-state index in [-0.39, 0.29) is 16.8 Å². The quantitative estimate of drug-likeness (QED) is 0.704. The van der Waals surface area contributed by atoms with Gasteiger partial charge < -0.3 is 4.90 Å². The fourth-order valence-corrected chi connectivity index (χ4v) is 6.77. The maximum absolute atomic E-state index is 13.4. The van der Waals surface area contributed by atoms with Gasteiger partial charge in [-0.2, -0.15) is 4.31 Å². The molecule has 2 aromatic rings. The number of carbonyl (C=O) groups excluding carboxylic acids is 1. The summed E-state index contributed by atoms with van der Waals surface area (Å²) in [5.41, 5.74) is 1.51. The van der Waals surface area contributed by atoms with Gasteiger partial charge in [-0.3, -0.25) is 14.7 Å². The number of nitrogens with zero attached hydrogens (tertiary/aromatic N) is 4. The van der Waals surface area contributed by atoms with Crippen molar-refractivity contribution in [3.63, 3.8) is 0 Å². The van der Waals surface area contributed by atoms with Crippen LogP contribution in [0.3, 0.4) is 0 Å². The van der Waals surface area contributed by atoms with Crippen LogP contribution in [-0.2, 0) is 14.8 Å². The highest BCUT2D eigenvalue weighted by molar-refractivity contribution is 7.89. The summed E-state index contributed by atoms with van der Waals surface area (Å²) < 4.78 is 28.3. The van der Waals surface area contributed by atoms with Crippen molar-refractivity contribution in [3.05, 3.63) is 36.0 Å². The zero-order valence-corrected chi connectivity index (χ0v) is 20.3. The average molecular weight is 459 g/mol. The zero-order valence-electron chi connectivity index (χ0n) is 19.5. The van der Waals surface area contributed by atoms with Gasteiger partial charge in [-0.25, -0.2) is 8.42 Å². The first kappa shape index (κ1) is 23.1. The van der Waals surface area contributed by atoms with Gasteiger partial charge in [0.25, 0.3) is 0 Å². The van der Waals surface area contributed by atoms with Crippen LogP contribution in [0.25, 0.3) is 10.9 Å². The Morgan fingerprint density at radius 3 is 2.41 bits per heavy atom. The van der Waals surface area contributed by atoms with Gasteiger partial charge in [0.15, 0.2) is 0 Å². The second-order valence-corrected chi connectivity index (χ2v) is 11.6. The number of rotatable bonds is 4. The van der Waals surface area contributed by atoms with Crippen LogP contribution in [-0.4, -0.2) is 78.7 Å². The van der Waals surface area contributed by atoms with Crippen LogP contribution in [0.15, 0.2) is 35.4 Å². The van der Waals surface area contributed by atoms with Crippen LogP contribution in [0.4, 0.5) is 0 Å². The Hall–Kier alpha value is -2.03. The molecule has 1 amide bonds. The van der Waals surface area contributed by atoms with Gasteiger partial charge in [-0.1, -0.05) is 26.0 Å². The summed E-state index contributed by atoms with van der Waals surface area (Å²) in [6.45, 7) is 11.8. The van der Waals surface area contributed by atoms with Gasteiger partial charge in [-0.05, 0) is 49.8 Å². The van der Waals surface area contributed by atoms with Crippen LogP contribution in [0, 0.1) is 18.8 Å². The molecule has 0 spiro atoms. The fourth-order valence-electron chi connectivity index (χ4n) is 5.18. The first-order chi connectivity index (χ1) is 15.2. The Kier molecular flexibility index (Phi) is 6.56. The molecule has 2 fully saturated rings. The predicted octanol–water partition coefficient (Wildman–Crippen LogP) is 2.74. The van der Waals surface area contributed by atoms with Crippen molar-refractivity contribution in [1.82, 2.24) is 19.1 Å². The van der Waals surface area contributed by atoms with Gasteiger partial charge in [0.2, 0.25) is 15.9 Å². The number of amides is 1. The van der Waals surface area contributed by atoms with Crippen molar-refractivity contribution < 1.29 is 13.2 Å². The van der Waals surface area contributed by atoms with E-state index in [4.69, 9.17) is 0 Å². The fraction of sp³-hybridized carbons (Fsp3) is 0.583. The topological polar surface area (TPSA) is 73.8 Å². The summed E-state index contributed by atoms with van der Waals surface area (Å²) in [4.78, 5) is 21.9. The Morgan fingerprint density at radius 2 is 1.75 bits per heavy atom. The van der Waals surface area contributed by atoms with Crippen molar-refractivity contribution in [2.75, 3.05) is 39.3 Å². The lowest BCUT2D eigenvalue weighted by Gasteiger charge is -2.41. The van der Waals surface area contributed by atoms with Crippen molar-refractivity contribution in [3.8, 4) is 0 Å². The molecule has 3 heterocycles. The normalized spacial score (nSPS) is 24.6. The molecule has 0 saturated carbocycles. The molecule has 174 valence electrons. The number of carbonyl (C=O) groups is 1. The number of piperazine rings is 1. The van der Waals surface area contributed by atoms with Crippen molar-refractivity contribution in [2.45, 2.75) is 45.1 Å². The molecule has 8 heteroatoms. The largest absolute Gasteiger partial charge is 0.341 e. The lowest BCUT2D eigenvalue weighted by atomic mass is 9.91. The smallest absolute Gasteiger partial charge is 0.245 e. The van der Waals surface area contributed by atoms with Gasteiger partial charge >= 0.3 is 0 Å². The molecule has 1 aromatic heterocycles. The van der Waals surface area contributed by atoms with Crippen molar-refractivity contribution >= 4 is 26.8 Å². The molecule has 3 unspecified atom stereocenters. The van der Waals surface area contributed by atoms with E-state index in [1.807, 2.05) is 30.9 Å². The number of piperidine rings is 1. The average Bonchev–Trinajstić information content (AvgIpc) is 2.76. The highest BCUT2D eigenvalue weighted by atomic mass is 32.2. The molecule has 32 heavy (non-hydrogen) atoms. The number of aryl methyl sites for hydroxylation is 1. The standard InChI is InChI=1S/C24H34N4O3S/c1-17-13-21-6-5-7-22(23(21)25-14-17)32(30,31)28-10-8-26(9-11-28)20(4)24(29)27-15-18(2)12-19(3)16-27/h5-7,13-14,18-20H,8-12,15-16H2,1-4H3. The summed E-state index contributed by atoms with van der Waals surface area (Å²) in [5, 5.41) is 0.828. The third-order valence-corrected chi connectivity index (χ3v) is 8.72. The number of hydrogen-bond donors (Lipinski definition) is 0. The first-order valence-corrected chi connectivity index (χ1v) is 13.0. The van der Waals surface area contributed by atoms with Crippen LogP contribution in [0.2, 0.25) is 0 Å². The van der Waals surface area contributed by atoms with Gasteiger partial charge in [0.1, 0.15) is 4.90 Å². The minimum absolute atomic E-state index is 0.160. The lowest BCUT2D eigenvalue weighted by Crippen LogP contribution is -2.56. The maximum Gasteiger partial charge on any atom is 0.245 e. The molecule has 0 aliphatic carbocycles. The summed E-state index contributed by atoms with van der Waals surface area (Å²) in [5.74, 6) is 1.21. The van der Waals surface area contributed by atoms with Gasteiger partial charge in [0.05, 0.1) is 11.6 Å². The van der Waals surface area contributed by atoms with E-state index in [0.29, 0.717) is 43.5 Å². The third-order valence-electron chi connectivity index (χ3n) is 6.79. The molecule has 4 rings (SSSR count). The maximum atomic E-state index is 13.4. The molecule has 2 aliphatic heterocycles. The Morgan fingerprint density at radius 1 is 1.09 bits per heavy atom. The lowest BCUT2D eigenvalue weighted by molar-refractivity contribution is -0.139. The molecular weight excluding hydrogens is 424 g/mol. The molecule has 1 aromatic carbocycles. The zero-order chi connectivity index (χ0) is 23.0. The molecule has 0 radical (unpaired) electrons. The molecule has 0 N–H and O–H groups in total. The molecule has 2 aliphatic rings. The highest BCUT2D eigenvalue weighted by Crippen LogP contribution is 2.26. The number of benzene rings is 1. The third kappa shape index (κ3) is 4.54. The van der Waals surface area contributed by atoms with Crippen LogP contribution in [0.1, 0.15) is 32.8 Å². The Labute approximate surface area is 191 Å². The summed E-state index contributed by atoms with van der Waals surface area (Å²) >= 11 is 0. The number of fused-ring (bicyclic) bond motifs is 1. The minimum Gasteiger partial charge on any atom is -0.341 e. The summed E-state index contributed by atoms with van der Waals surface area (Å²) in [6.07, 6.45) is 2.87. The van der Waals surface area contributed by atoms with E-state index >= 15 is 0 Å². The Balaban J connectivity index is 1.45. The highest BCUT2D eigenvalue weighted by Gasteiger charge is 2.35. The van der Waals surface area contributed by atoms with E-state index < -0.39 is 10.0 Å². The second kappa shape index (κ2) is 9.08. The first-order valence-electron chi connectivity index (χ1n) is 11.5. The SMILES string of the molecule is Cc1cnc2c(S(=O)(=O)N3CCN(C(C)C(=O)N4CC(C)CC(C)C4)CC3)cccc2c1. The molecular formula is C24H34N4O3S. The molecule has 3 atom stereocenters. The summed E-state index contributed by atoms with van der Waals surface area (Å²) in [6, 6.07) is 7.02.